The molecule has 0 spiro atoms. The average Bonchev–Trinajstić information content (AvgIpc) is 3.19. The van der Waals surface area contributed by atoms with Crippen molar-refractivity contribution in [2.45, 2.75) is 32.4 Å². The molecule has 0 aromatic carbocycles. The van der Waals surface area contributed by atoms with Crippen molar-refractivity contribution in [3.05, 3.63) is 68.4 Å². The molecule has 1 N–H and O–H groups in total. The van der Waals surface area contributed by atoms with Gasteiger partial charge in [0, 0.05) is 25.1 Å². The first-order chi connectivity index (χ1) is 11.2. The van der Waals surface area contributed by atoms with Gasteiger partial charge in [-0.2, -0.15) is 0 Å². The van der Waals surface area contributed by atoms with Crippen LogP contribution in [0.4, 0.5) is 0 Å². The zero-order valence-corrected chi connectivity index (χ0v) is 14.0. The third-order valence-electron chi connectivity index (χ3n) is 4.64. The lowest BCUT2D eigenvalue weighted by atomic mass is 10.2. The van der Waals surface area contributed by atoms with Crippen LogP contribution in [0.25, 0.3) is 5.65 Å². The van der Waals surface area contributed by atoms with Crippen molar-refractivity contribution in [1.82, 2.24) is 9.38 Å². The number of fused-ring (bicyclic) bond motifs is 1. The molecule has 0 saturated carbocycles. The Morgan fingerprint density at radius 3 is 3.13 bits per heavy atom. The van der Waals surface area contributed by atoms with E-state index < -0.39 is 0 Å². The van der Waals surface area contributed by atoms with Crippen molar-refractivity contribution in [2.24, 2.45) is 0 Å². The molecule has 0 amide bonds. The second kappa shape index (κ2) is 5.91. The monoisotopic (exact) mass is 326 g/mol. The summed E-state index contributed by atoms with van der Waals surface area (Å²) in [6, 6.07) is 10.5. The van der Waals surface area contributed by atoms with Crippen LogP contribution in [0, 0.1) is 6.92 Å². The highest BCUT2D eigenvalue weighted by Crippen LogP contribution is 2.23. The Hall–Kier alpha value is -1.98. The highest BCUT2D eigenvalue weighted by Gasteiger charge is 2.31. The van der Waals surface area contributed by atoms with Gasteiger partial charge in [-0.3, -0.25) is 9.20 Å². The quantitative estimate of drug-likeness (QED) is 0.799. The van der Waals surface area contributed by atoms with Gasteiger partial charge in [-0.05, 0) is 30.0 Å². The molecule has 118 valence electrons. The van der Waals surface area contributed by atoms with Crippen LogP contribution < -0.4 is 10.5 Å². The zero-order chi connectivity index (χ0) is 15.8. The third-order valence-corrected chi connectivity index (χ3v) is 5.62. The van der Waals surface area contributed by atoms with Gasteiger partial charge in [0.15, 0.2) is 0 Å². The second-order valence-corrected chi connectivity index (χ2v) is 7.29. The largest absolute Gasteiger partial charge is 0.323 e. The molecule has 1 fully saturated rings. The molecule has 0 bridgehead atoms. The molecule has 0 radical (unpaired) electrons. The van der Waals surface area contributed by atoms with E-state index >= 15 is 0 Å². The minimum absolute atomic E-state index is 0.0139. The van der Waals surface area contributed by atoms with Crippen LogP contribution >= 0.6 is 11.3 Å². The SMILES string of the molecule is Cc1ccc2nc(C[NH+]3CCC[C@@H]3c3cccs3)cc(=O)n2c1. The molecule has 1 aliphatic heterocycles. The summed E-state index contributed by atoms with van der Waals surface area (Å²) in [5.74, 6) is 0. The molecular weight excluding hydrogens is 306 g/mol. The maximum Gasteiger partial charge on any atom is 0.258 e. The molecule has 5 heteroatoms. The minimum atomic E-state index is 0.0139. The summed E-state index contributed by atoms with van der Waals surface area (Å²) < 4.78 is 1.63. The van der Waals surface area contributed by atoms with E-state index in [1.54, 1.807) is 10.5 Å². The molecule has 23 heavy (non-hydrogen) atoms. The van der Waals surface area contributed by atoms with Crippen molar-refractivity contribution in [3.63, 3.8) is 0 Å². The summed E-state index contributed by atoms with van der Waals surface area (Å²) in [6.45, 7) is 3.96. The Morgan fingerprint density at radius 2 is 2.30 bits per heavy atom. The highest BCUT2D eigenvalue weighted by molar-refractivity contribution is 7.10. The van der Waals surface area contributed by atoms with Gasteiger partial charge in [0.25, 0.3) is 5.56 Å². The van der Waals surface area contributed by atoms with Crippen molar-refractivity contribution >= 4 is 17.0 Å². The van der Waals surface area contributed by atoms with Crippen LogP contribution in [-0.4, -0.2) is 15.9 Å². The topological polar surface area (TPSA) is 38.8 Å². The van der Waals surface area contributed by atoms with Crippen LogP contribution in [0.2, 0.25) is 0 Å². The maximum absolute atomic E-state index is 12.4. The molecule has 4 rings (SSSR count). The lowest BCUT2D eigenvalue weighted by Gasteiger charge is -2.20. The van der Waals surface area contributed by atoms with Gasteiger partial charge in [0.1, 0.15) is 23.9 Å². The molecule has 1 unspecified atom stereocenters. The number of nitrogens with zero attached hydrogens (tertiary/aromatic N) is 2. The van der Waals surface area contributed by atoms with E-state index in [4.69, 9.17) is 4.98 Å². The van der Waals surface area contributed by atoms with E-state index in [1.807, 2.05) is 36.6 Å². The molecule has 1 aliphatic rings. The fourth-order valence-electron chi connectivity index (χ4n) is 3.54. The average molecular weight is 326 g/mol. The van der Waals surface area contributed by atoms with Crippen LogP contribution in [0.1, 0.15) is 35.0 Å². The Labute approximate surface area is 139 Å². The second-order valence-electron chi connectivity index (χ2n) is 6.32. The van der Waals surface area contributed by atoms with Crippen LogP contribution in [0.15, 0.2) is 46.7 Å². The molecule has 4 nitrogen and oxygen atoms in total. The predicted molar refractivity (Wildman–Crippen MR) is 92.0 cm³/mol. The van der Waals surface area contributed by atoms with Gasteiger partial charge in [-0.15, -0.1) is 11.3 Å². The third kappa shape index (κ3) is 2.82. The number of thiophene rings is 1. The number of likely N-dealkylation sites (tertiary alicyclic amines) is 1. The smallest absolute Gasteiger partial charge is 0.258 e. The number of hydrogen-bond acceptors (Lipinski definition) is 3. The molecule has 2 atom stereocenters. The van der Waals surface area contributed by atoms with Crippen molar-refractivity contribution in [2.75, 3.05) is 6.54 Å². The van der Waals surface area contributed by atoms with Crippen molar-refractivity contribution < 1.29 is 4.90 Å². The van der Waals surface area contributed by atoms with Gasteiger partial charge in [-0.25, -0.2) is 4.98 Å². The normalized spacial score (nSPS) is 21.1. The van der Waals surface area contributed by atoms with E-state index in [9.17, 15) is 4.79 Å². The zero-order valence-electron chi connectivity index (χ0n) is 13.2. The predicted octanol–water partition coefficient (Wildman–Crippen LogP) is 1.98. The summed E-state index contributed by atoms with van der Waals surface area (Å²) >= 11 is 1.83. The first-order valence-corrected chi connectivity index (χ1v) is 8.95. The highest BCUT2D eigenvalue weighted by atomic mass is 32.1. The fourth-order valence-corrected chi connectivity index (χ4v) is 4.46. The Morgan fingerprint density at radius 1 is 1.39 bits per heavy atom. The summed E-state index contributed by atoms with van der Waals surface area (Å²) in [5, 5.41) is 2.15. The van der Waals surface area contributed by atoms with Crippen molar-refractivity contribution in [1.29, 1.82) is 0 Å². The van der Waals surface area contributed by atoms with E-state index in [0.717, 1.165) is 30.0 Å². The number of hydrogen-bond donors (Lipinski definition) is 1. The first-order valence-electron chi connectivity index (χ1n) is 8.07. The Balaban J connectivity index is 1.65. The van der Waals surface area contributed by atoms with Gasteiger partial charge in [-0.1, -0.05) is 12.1 Å². The molecule has 4 heterocycles. The van der Waals surface area contributed by atoms with E-state index in [1.165, 1.54) is 22.6 Å². The summed E-state index contributed by atoms with van der Waals surface area (Å²) in [6.07, 6.45) is 4.32. The number of rotatable bonds is 3. The number of quaternary nitrogens is 1. The molecular formula is C18H20N3OS+. The van der Waals surface area contributed by atoms with Crippen LogP contribution in [0.5, 0.6) is 0 Å². The summed E-state index contributed by atoms with van der Waals surface area (Å²) in [5.41, 5.74) is 2.72. The lowest BCUT2D eigenvalue weighted by molar-refractivity contribution is -0.932. The molecule has 1 saturated heterocycles. The summed E-state index contributed by atoms with van der Waals surface area (Å²) in [4.78, 5) is 20.0. The number of nitrogens with one attached hydrogen (secondary N) is 1. The number of pyridine rings is 1. The molecule has 0 aliphatic carbocycles. The minimum Gasteiger partial charge on any atom is -0.323 e. The fraction of sp³-hybridized carbons (Fsp3) is 0.333. The Bertz CT molecular complexity index is 885. The first kappa shape index (κ1) is 14.6. The standard InChI is InChI=1S/C18H19N3OS/c1-13-6-7-17-19-14(10-18(22)21(17)11-13)12-20-8-2-4-15(20)16-5-3-9-23-16/h3,5-7,9-11,15H,2,4,8,12H2,1H3/p+1/t15-/m1/s1. The van der Waals surface area contributed by atoms with Crippen LogP contribution in [-0.2, 0) is 6.54 Å². The van der Waals surface area contributed by atoms with Crippen LogP contribution in [0.3, 0.4) is 0 Å². The molecule has 3 aromatic heterocycles. The van der Waals surface area contributed by atoms with E-state index in [0.29, 0.717) is 6.04 Å². The van der Waals surface area contributed by atoms with E-state index in [2.05, 4.69) is 17.5 Å². The van der Waals surface area contributed by atoms with Crippen molar-refractivity contribution in [3.8, 4) is 0 Å². The molecule has 3 aromatic rings. The maximum atomic E-state index is 12.4. The lowest BCUT2D eigenvalue weighted by Crippen LogP contribution is -3.08. The van der Waals surface area contributed by atoms with Gasteiger partial charge >= 0.3 is 0 Å². The number of aryl methyl sites for hydroxylation is 1. The summed E-state index contributed by atoms with van der Waals surface area (Å²) in [7, 11) is 0. The van der Waals surface area contributed by atoms with Gasteiger partial charge in [0.2, 0.25) is 0 Å². The number of aromatic nitrogens is 2. The van der Waals surface area contributed by atoms with Gasteiger partial charge < -0.3 is 4.90 Å². The van der Waals surface area contributed by atoms with Gasteiger partial charge in [0.05, 0.1) is 11.4 Å². The van der Waals surface area contributed by atoms with E-state index in [-0.39, 0.29) is 5.56 Å². The Kier molecular flexibility index (Phi) is 3.75.